The fraction of sp³-hybridized carbons (Fsp3) is 0.714. The molecular formula is C14H24N4S. The molecule has 0 bridgehead atoms. The molecule has 0 amide bonds. The molecule has 1 aliphatic carbocycles. The van der Waals surface area contributed by atoms with Crippen LogP contribution in [0.1, 0.15) is 38.4 Å². The molecule has 1 saturated carbocycles. The highest BCUT2D eigenvalue weighted by Crippen LogP contribution is 2.39. The molecule has 1 aliphatic rings. The summed E-state index contributed by atoms with van der Waals surface area (Å²) in [5.41, 5.74) is 0. The molecule has 1 aromatic rings. The van der Waals surface area contributed by atoms with E-state index in [1.807, 2.05) is 18.8 Å². The van der Waals surface area contributed by atoms with E-state index in [0.29, 0.717) is 5.92 Å². The highest BCUT2D eigenvalue weighted by molar-refractivity contribution is 7.99. The number of nitrogens with zero attached hydrogens (tertiary/aromatic N) is 3. The lowest BCUT2D eigenvalue weighted by molar-refractivity contribution is 0.324. The van der Waals surface area contributed by atoms with Crippen LogP contribution in [0.2, 0.25) is 0 Å². The molecule has 1 aromatic heterocycles. The van der Waals surface area contributed by atoms with Crippen molar-refractivity contribution in [2.24, 2.45) is 0 Å². The van der Waals surface area contributed by atoms with E-state index in [2.05, 4.69) is 40.1 Å². The van der Waals surface area contributed by atoms with Crippen LogP contribution in [0.4, 0.5) is 5.82 Å². The van der Waals surface area contributed by atoms with Crippen LogP contribution < -0.4 is 5.32 Å². The molecule has 19 heavy (non-hydrogen) atoms. The normalized spacial score (nSPS) is 14.9. The maximum Gasteiger partial charge on any atom is 0.135 e. The predicted octanol–water partition coefficient (Wildman–Crippen LogP) is 2.83. The van der Waals surface area contributed by atoms with Gasteiger partial charge in [-0.15, -0.1) is 11.8 Å². The van der Waals surface area contributed by atoms with E-state index in [1.165, 1.54) is 12.8 Å². The number of hydrogen-bond donors (Lipinski definition) is 1. The molecule has 0 saturated heterocycles. The van der Waals surface area contributed by atoms with Crippen LogP contribution in [0, 0.1) is 0 Å². The van der Waals surface area contributed by atoms with Crippen LogP contribution in [-0.2, 0) is 0 Å². The SMILES string of the molecule is CCN(CC)CCSc1cc(NC)nc(C2CC2)n1. The van der Waals surface area contributed by atoms with Gasteiger partial charge in [0.05, 0.1) is 0 Å². The summed E-state index contributed by atoms with van der Waals surface area (Å²) in [7, 11) is 1.92. The molecule has 0 aliphatic heterocycles. The van der Waals surface area contributed by atoms with Gasteiger partial charge in [-0.2, -0.15) is 0 Å². The van der Waals surface area contributed by atoms with Crippen LogP contribution in [0.25, 0.3) is 0 Å². The first kappa shape index (κ1) is 14.6. The average molecular weight is 280 g/mol. The Kier molecular flexibility index (Phi) is 5.45. The summed E-state index contributed by atoms with van der Waals surface area (Å²) in [5.74, 6) is 3.67. The number of hydrogen-bond acceptors (Lipinski definition) is 5. The molecule has 0 spiro atoms. The topological polar surface area (TPSA) is 41.0 Å². The maximum absolute atomic E-state index is 4.69. The van der Waals surface area contributed by atoms with E-state index >= 15 is 0 Å². The smallest absolute Gasteiger partial charge is 0.135 e. The summed E-state index contributed by atoms with van der Waals surface area (Å²) in [6, 6.07) is 2.05. The highest BCUT2D eigenvalue weighted by atomic mass is 32.2. The Morgan fingerprint density at radius 2 is 2.05 bits per heavy atom. The largest absolute Gasteiger partial charge is 0.373 e. The lowest BCUT2D eigenvalue weighted by Crippen LogP contribution is -2.25. The fourth-order valence-corrected chi connectivity index (χ4v) is 2.90. The average Bonchev–Trinajstić information content (AvgIpc) is 3.28. The molecule has 0 radical (unpaired) electrons. The van der Waals surface area contributed by atoms with Gasteiger partial charge in [-0.3, -0.25) is 0 Å². The minimum Gasteiger partial charge on any atom is -0.373 e. The van der Waals surface area contributed by atoms with Gasteiger partial charge in [0.25, 0.3) is 0 Å². The standard InChI is InChI=1S/C14H24N4S/c1-4-18(5-2)8-9-19-13-10-12(15-3)16-14(17-13)11-6-7-11/h10-11H,4-9H2,1-3H3,(H,15,16,17). The second-order valence-corrected chi connectivity index (χ2v) is 5.96. The number of anilines is 1. The zero-order valence-electron chi connectivity index (χ0n) is 12.1. The highest BCUT2D eigenvalue weighted by Gasteiger charge is 2.27. The number of aromatic nitrogens is 2. The molecule has 0 aromatic carbocycles. The number of thioether (sulfide) groups is 1. The lowest BCUT2D eigenvalue weighted by atomic mass is 10.4. The fourth-order valence-electron chi connectivity index (χ4n) is 1.99. The van der Waals surface area contributed by atoms with Crippen LogP contribution in [0.15, 0.2) is 11.1 Å². The van der Waals surface area contributed by atoms with Gasteiger partial charge in [0.15, 0.2) is 0 Å². The van der Waals surface area contributed by atoms with Crippen molar-refractivity contribution in [2.75, 3.05) is 37.8 Å². The summed E-state index contributed by atoms with van der Waals surface area (Å²) >= 11 is 1.84. The molecule has 0 atom stereocenters. The van der Waals surface area contributed by atoms with E-state index in [0.717, 1.165) is 42.1 Å². The second kappa shape index (κ2) is 7.10. The third kappa shape index (κ3) is 4.35. The monoisotopic (exact) mass is 280 g/mol. The summed E-state index contributed by atoms with van der Waals surface area (Å²) in [5, 5.41) is 4.24. The van der Waals surface area contributed by atoms with Gasteiger partial charge in [-0.05, 0) is 25.9 Å². The third-order valence-electron chi connectivity index (χ3n) is 3.47. The van der Waals surface area contributed by atoms with Crippen molar-refractivity contribution in [3.8, 4) is 0 Å². The predicted molar refractivity (Wildman–Crippen MR) is 82.1 cm³/mol. The van der Waals surface area contributed by atoms with Gasteiger partial charge in [0.2, 0.25) is 0 Å². The first-order chi connectivity index (χ1) is 9.26. The van der Waals surface area contributed by atoms with Gasteiger partial charge < -0.3 is 10.2 Å². The van der Waals surface area contributed by atoms with E-state index in [-0.39, 0.29) is 0 Å². The van der Waals surface area contributed by atoms with Gasteiger partial charge in [-0.1, -0.05) is 13.8 Å². The first-order valence-corrected chi connectivity index (χ1v) is 8.17. The third-order valence-corrected chi connectivity index (χ3v) is 4.36. The first-order valence-electron chi connectivity index (χ1n) is 7.18. The minimum absolute atomic E-state index is 0.607. The van der Waals surface area contributed by atoms with Crippen LogP contribution in [0.3, 0.4) is 0 Å². The molecule has 106 valence electrons. The summed E-state index contributed by atoms with van der Waals surface area (Å²) < 4.78 is 0. The number of rotatable bonds is 8. The van der Waals surface area contributed by atoms with Gasteiger partial charge >= 0.3 is 0 Å². The molecule has 5 heteroatoms. The molecule has 1 N–H and O–H groups in total. The second-order valence-electron chi connectivity index (χ2n) is 4.85. The molecular weight excluding hydrogens is 256 g/mol. The molecule has 1 heterocycles. The summed E-state index contributed by atoms with van der Waals surface area (Å²) in [4.78, 5) is 11.7. The van der Waals surface area contributed by atoms with Crippen molar-refractivity contribution in [3.63, 3.8) is 0 Å². The molecule has 4 nitrogen and oxygen atoms in total. The van der Waals surface area contributed by atoms with E-state index in [4.69, 9.17) is 0 Å². The van der Waals surface area contributed by atoms with E-state index in [9.17, 15) is 0 Å². The van der Waals surface area contributed by atoms with Crippen LogP contribution >= 0.6 is 11.8 Å². The summed E-state index contributed by atoms with van der Waals surface area (Å²) in [6.07, 6.45) is 2.49. The maximum atomic E-state index is 4.69. The molecule has 2 rings (SSSR count). The Labute approximate surface area is 120 Å². The van der Waals surface area contributed by atoms with Crippen molar-refractivity contribution in [1.29, 1.82) is 0 Å². The van der Waals surface area contributed by atoms with E-state index < -0.39 is 0 Å². The zero-order chi connectivity index (χ0) is 13.7. The van der Waals surface area contributed by atoms with Gasteiger partial charge in [0, 0.05) is 31.3 Å². The zero-order valence-corrected chi connectivity index (χ0v) is 13.0. The van der Waals surface area contributed by atoms with Crippen molar-refractivity contribution >= 4 is 17.6 Å². The quantitative estimate of drug-likeness (QED) is 0.586. The summed E-state index contributed by atoms with van der Waals surface area (Å²) in [6.45, 7) is 7.79. The van der Waals surface area contributed by atoms with Crippen molar-refractivity contribution < 1.29 is 0 Å². The van der Waals surface area contributed by atoms with Crippen molar-refractivity contribution in [3.05, 3.63) is 11.9 Å². The molecule has 0 unspecified atom stereocenters. The Morgan fingerprint density at radius 1 is 1.32 bits per heavy atom. The van der Waals surface area contributed by atoms with Crippen LogP contribution in [0.5, 0.6) is 0 Å². The van der Waals surface area contributed by atoms with Crippen molar-refractivity contribution in [1.82, 2.24) is 14.9 Å². The Bertz CT molecular complexity index is 402. The molecule has 1 fully saturated rings. The lowest BCUT2D eigenvalue weighted by Gasteiger charge is -2.17. The Balaban J connectivity index is 1.93. The van der Waals surface area contributed by atoms with Crippen molar-refractivity contribution in [2.45, 2.75) is 37.6 Å². The van der Waals surface area contributed by atoms with Gasteiger partial charge in [-0.25, -0.2) is 9.97 Å². The minimum atomic E-state index is 0.607. The number of nitrogens with one attached hydrogen (secondary N) is 1. The van der Waals surface area contributed by atoms with E-state index in [1.54, 1.807) is 0 Å². The Morgan fingerprint density at radius 3 is 2.63 bits per heavy atom. The van der Waals surface area contributed by atoms with Gasteiger partial charge in [0.1, 0.15) is 16.7 Å². The Hall–Kier alpha value is -0.810. The van der Waals surface area contributed by atoms with Crippen LogP contribution in [-0.4, -0.2) is 47.3 Å².